The summed E-state index contributed by atoms with van der Waals surface area (Å²) in [5, 5.41) is 9.06. The number of hydrogen-bond donors (Lipinski definition) is 1. The Hall–Kier alpha value is -1.51. The van der Waals surface area contributed by atoms with E-state index in [1.807, 2.05) is 44.2 Å². The van der Waals surface area contributed by atoms with Crippen molar-refractivity contribution in [1.29, 1.82) is 0 Å². The Morgan fingerprint density at radius 3 is 2.47 bits per heavy atom. The van der Waals surface area contributed by atoms with Crippen LogP contribution in [-0.4, -0.2) is 22.1 Å². The van der Waals surface area contributed by atoms with E-state index in [4.69, 9.17) is 5.11 Å². The van der Waals surface area contributed by atoms with Gasteiger partial charge >= 0.3 is 6.09 Å². The van der Waals surface area contributed by atoms with Crippen molar-refractivity contribution in [2.75, 3.05) is 0 Å². The number of benzene rings is 1. The van der Waals surface area contributed by atoms with Gasteiger partial charge in [-0.25, -0.2) is 4.79 Å². The first-order valence-electron chi connectivity index (χ1n) is 5.18. The van der Waals surface area contributed by atoms with Crippen molar-refractivity contribution in [2.24, 2.45) is 0 Å². The van der Waals surface area contributed by atoms with Crippen LogP contribution < -0.4 is 0 Å². The van der Waals surface area contributed by atoms with Crippen molar-refractivity contribution in [3.05, 3.63) is 35.9 Å². The van der Waals surface area contributed by atoms with E-state index in [9.17, 15) is 4.79 Å². The molecule has 0 saturated carbocycles. The van der Waals surface area contributed by atoms with Crippen LogP contribution in [0.4, 0.5) is 4.79 Å². The molecule has 1 N–H and O–H groups in total. The Morgan fingerprint density at radius 2 is 2.00 bits per heavy atom. The molecule has 1 aromatic carbocycles. The molecule has 1 atom stereocenters. The third kappa shape index (κ3) is 3.27. The van der Waals surface area contributed by atoms with Crippen LogP contribution in [0, 0.1) is 0 Å². The van der Waals surface area contributed by atoms with Gasteiger partial charge < -0.3 is 10.0 Å². The maximum atomic E-state index is 11.0. The zero-order valence-corrected chi connectivity index (χ0v) is 9.18. The van der Waals surface area contributed by atoms with Crippen molar-refractivity contribution in [3.63, 3.8) is 0 Å². The standard InChI is InChI=1S/C12H17NO2/c1-3-10(2)13(12(14)15)9-11-7-5-4-6-8-11/h4-8,10H,3,9H2,1-2H3,(H,14,15). The molecule has 1 aromatic rings. The summed E-state index contributed by atoms with van der Waals surface area (Å²) in [6, 6.07) is 9.72. The molecule has 0 fully saturated rings. The van der Waals surface area contributed by atoms with Crippen molar-refractivity contribution in [1.82, 2.24) is 4.90 Å². The number of rotatable bonds is 4. The van der Waals surface area contributed by atoms with Gasteiger partial charge in [0.25, 0.3) is 0 Å². The molecule has 0 saturated heterocycles. The summed E-state index contributed by atoms with van der Waals surface area (Å²) < 4.78 is 0. The molecule has 15 heavy (non-hydrogen) atoms. The molecule has 0 aliphatic heterocycles. The van der Waals surface area contributed by atoms with E-state index in [1.54, 1.807) is 0 Å². The maximum Gasteiger partial charge on any atom is 0.407 e. The first kappa shape index (κ1) is 11.6. The van der Waals surface area contributed by atoms with Gasteiger partial charge in [0.15, 0.2) is 0 Å². The van der Waals surface area contributed by atoms with Crippen LogP contribution in [0.25, 0.3) is 0 Å². The van der Waals surface area contributed by atoms with Crippen LogP contribution in [0.2, 0.25) is 0 Å². The molecule has 0 spiro atoms. The molecule has 0 aromatic heterocycles. The van der Waals surface area contributed by atoms with Crippen molar-refractivity contribution in [3.8, 4) is 0 Å². The topological polar surface area (TPSA) is 40.5 Å². The number of carboxylic acid groups (broad SMARTS) is 1. The number of hydrogen-bond acceptors (Lipinski definition) is 1. The molecule has 0 bridgehead atoms. The summed E-state index contributed by atoms with van der Waals surface area (Å²) in [5.74, 6) is 0. The van der Waals surface area contributed by atoms with Crippen LogP contribution >= 0.6 is 0 Å². The van der Waals surface area contributed by atoms with Crippen molar-refractivity contribution < 1.29 is 9.90 Å². The first-order chi connectivity index (χ1) is 7.15. The molecule has 1 amide bonds. The molecule has 3 heteroatoms. The van der Waals surface area contributed by atoms with Crippen LogP contribution in [0.1, 0.15) is 25.8 Å². The van der Waals surface area contributed by atoms with E-state index < -0.39 is 6.09 Å². The van der Waals surface area contributed by atoms with E-state index in [2.05, 4.69) is 0 Å². The number of nitrogens with zero attached hydrogens (tertiary/aromatic N) is 1. The van der Waals surface area contributed by atoms with E-state index in [0.29, 0.717) is 6.54 Å². The zero-order chi connectivity index (χ0) is 11.3. The van der Waals surface area contributed by atoms with Gasteiger partial charge in [0.1, 0.15) is 0 Å². The Labute approximate surface area is 90.3 Å². The normalized spacial score (nSPS) is 12.1. The average molecular weight is 207 g/mol. The largest absolute Gasteiger partial charge is 0.465 e. The van der Waals surface area contributed by atoms with Gasteiger partial charge in [-0.2, -0.15) is 0 Å². The second kappa shape index (κ2) is 5.39. The van der Waals surface area contributed by atoms with Crippen molar-refractivity contribution >= 4 is 6.09 Å². The second-order valence-corrected chi connectivity index (χ2v) is 3.65. The minimum Gasteiger partial charge on any atom is -0.465 e. The van der Waals surface area contributed by atoms with Crippen LogP contribution in [-0.2, 0) is 6.54 Å². The highest BCUT2D eigenvalue weighted by Crippen LogP contribution is 2.10. The second-order valence-electron chi connectivity index (χ2n) is 3.65. The lowest BCUT2D eigenvalue weighted by Crippen LogP contribution is -2.36. The molecule has 0 radical (unpaired) electrons. The van der Waals surface area contributed by atoms with Gasteiger partial charge in [-0.15, -0.1) is 0 Å². The van der Waals surface area contributed by atoms with Gasteiger partial charge in [0, 0.05) is 12.6 Å². The summed E-state index contributed by atoms with van der Waals surface area (Å²) in [6.07, 6.45) is -0.0210. The van der Waals surface area contributed by atoms with Gasteiger partial charge in [0.2, 0.25) is 0 Å². The maximum absolute atomic E-state index is 11.0. The van der Waals surface area contributed by atoms with Gasteiger partial charge in [-0.3, -0.25) is 0 Å². The van der Waals surface area contributed by atoms with E-state index >= 15 is 0 Å². The highest BCUT2D eigenvalue weighted by Gasteiger charge is 2.17. The smallest absolute Gasteiger partial charge is 0.407 e. The Morgan fingerprint density at radius 1 is 1.40 bits per heavy atom. The fourth-order valence-corrected chi connectivity index (χ4v) is 1.41. The molecular formula is C12H17NO2. The van der Waals surface area contributed by atoms with Crippen LogP contribution in [0.15, 0.2) is 30.3 Å². The number of carbonyl (C=O) groups is 1. The van der Waals surface area contributed by atoms with E-state index in [0.717, 1.165) is 12.0 Å². The fourth-order valence-electron chi connectivity index (χ4n) is 1.41. The van der Waals surface area contributed by atoms with Crippen LogP contribution in [0.3, 0.4) is 0 Å². The third-order valence-corrected chi connectivity index (χ3v) is 2.56. The Kier molecular flexibility index (Phi) is 4.16. The molecular weight excluding hydrogens is 190 g/mol. The average Bonchev–Trinajstić information content (AvgIpc) is 2.26. The summed E-state index contributed by atoms with van der Waals surface area (Å²) in [5.41, 5.74) is 1.03. The quantitative estimate of drug-likeness (QED) is 0.824. The summed E-state index contributed by atoms with van der Waals surface area (Å²) in [4.78, 5) is 12.5. The first-order valence-corrected chi connectivity index (χ1v) is 5.18. The fraction of sp³-hybridized carbons (Fsp3) is 0.417. The van der Waals surface area contributed by atoms with E-state index in [1.165, 1.54) is 4.90 Å². The predicted octanol–water partition coefficient (Wildman–Crippen LogP) is 2.97. The predicted molar refractivity (Wildman–Crippen MR) is 59.8 cm³/mol. The van der Waals surface area contributed by atoms with Crippen molar-refractivity contribution in [2.45, 2.75) is 32.9 Å². The minimum absolute atomic E-state index is 0.0581. The minimum atomic E-state index is -0.854. The molecule has 1 unspecified atom stereocenters. The molecule has 0 aliphatic carbocycles. The van der Waals surface area contributed by atoms with E-state index in [-0.39, 0.29) is 6.04 Å². The molecule has 1 rings (SSSR count). The Balaban J connectivity index is 2.71. The summed E-state index contributed by atoms with van der Waals surface area (Å²) >= 11 is 0. The third-order valence-electron chi connectivity index (χ3n) is 2.56. The van der Waals surface area contributed by atoms with Gasteiger partial charge in [-0.1, -0.05) is 37.3 Å². The highest BCUT2D eigenvalue weighted by atomic mass is 16.4. The lowest BCUT2D eigenvalue weighted by molar-refractivity contribution is 0.123. The van der Waals surface area contributed by atoms with Crippen LogP contribution in [0.5, 0.6) is 0 Å². The molecule has 0 aliphatic rings. The highest BCUT2D eigenvalue weighted by molar-refractivity contribution is 5.65. The summed E-state index contributed by atoms with van der Waals surface area (Å²) in [7, 11) is 0. The Bertz CT molecular complexity index is 311. The lowest BCUT2D eigenvalue weighted by Gasteiger charge is -2.25. The molecule has 82 valence electrons. The zero-order valence-electron chi connectivity index (χ0n) is 9.18. The number of amides is 1. The summed E-state index contributed by atoms with van der Waals surface area (Å²) in [6.45, 7) is 4.38. The van der Waals surface area contributed by atoms with Gasteiger partial charge in [-0.05, 0) is 18.9 Å². The monoisotopic (exact) mass is 207 g/mol. The molecule has 0 heterocycles. The van der Waals surface area contributed by atoms with Gasteiger partial charge in [0.05, 0.1) is 0 Å². The molecule has 3 nitrogen and oxygen atoms in total. The lowest BCUT2D eigenvalue weighted by atomic mass is 10.1. The SMILES string of the molecule is CCC(C)N(Cc1ccccc1)C(=O)O.